The summed E-state index contributed by atoms with van der Waals surface area (Å²) in [6.45, 7) is 8.81. The summed E-state index contributed by atoms with van der Waals surface area (Å²) in [6, 6.07) is 5.25. The number of anilines is 1. The Kier molecular flexibility index (Phi) is 7.09. The second-order valence-corrected chi connectivity index (χ2v) is 6.91. The highest BCUT2D eigenvalue weighted by Crippen LogP contribution is 2.26. The van der Waals surface area contributed by atoms with Crippen LogP contribution in [0.15, 0.2) is 24.3 Å². The number of carbonyl (C=O) groups excluding carboxylic acids is 3. The van der Waals surface area contributed by atoms with Gasteiger partial charge in [-0.05, 0) is 86.7 Å². The summed E-state index contributed by atoms with van der Waals surface area (Å²) < 4.78 is 18.0. The summed E-state index contributed by atoms with van der Waals surface area (Å²) in [5.41, 5.74) is 5.69. The second kappa shape index (κ2) is 9.32. The van der Waals surface area contributed by atoms with Crippen molar-refractivity contribution >= 4 is 23.5 Å². The molecular formula is C22H25FN2O4. The van der Waals surface area contributed by atoms with Crippen molar-refractivity contribution < 1.29 is 23.5 Å². The fourth-order valence-electron chi connectivity index (χ4n) is 2.98. The lowest BCUT2D eigenvalue weighted by molar-refractivity contribution is -0.126. The predicted molar refractivity (Wildman–Crippen MR) is 108 cm³/mol. The number of esters is 1. The van der Waals surface area contributed by atoms with Crippen LogP contribution in [0.1, 0.15) is 38.2 Å². The van der Waals surface area contributed by atoms with E-state index in [4.69, 9.17) is 4.74 Å². The van der Waals surface area contributed by atoms with Gasteiger partial charge in [-0.15, -0.1) is 0 Å². The average molecular weight is 400 g/mol. The Labute approximate surface area is 169 Å². The number of hydrogen-bond donors (Lipinski definition) is 2. The van der Waals surface area contributed by atoms with Crippen LogP contribution >= 0.6 is 0 Å². The Morgan fingerprint density at radius 3 is 1.90 bits per heavy atom. The van der Waals surface area contributed by atoms with Gasteiger partial charge >= 0.3 is 5.97 Å². The Balaban J connectivity index is 1.88. The molecule has 2 amide bonds. The van der Waals surface area contributed by atoms with Crippen LogP contribution in [0, 0.1) is 40.4 Å². The van der Waals surface area contributed by atoms with E-state index in [1.807, 2.05) is 34.6 Å². The molecule has 0 aliphatic heterocycles. The first-order valence-corrected chi connectivity index (χ1v) is 9.18. The van der Waals surface area contributed by atoms with E-state index in [9.17, 15) is 18.8 Å². The molecule has 0 saturated carbocycles. The van der Waals surface area contributed by atoms with Crippen molar-refractivity contribution in [2.24, 2.45) is 0 Å². The molecule has 2 rings (SSSR count). The first kappa shape index (κ1) is 22.1. The van der Waals surface area contributed by atoms with E-state index in [0.29, 0.717) is 11.3 Å². The molecule has 2 aromatic carbocycles. The molecule has 0 saturated heterocycles. The molecule has 7 heteroatoms. The van der Waals surface area contributed by atoms with Crippen molar-refractivity contribution in [1.29, 1.82) is 0 Å². The number of benzene rings is 2. The van der Waals surface area contributed by atoms with Crippen LogP contribution in [0.2, 0.25) is 0 Å². The Hall–Kier alpha value is -3.22. The molecule has 0 aliphatic carbocycles. The highest BCUT2D eigenvalue weighted by atomic mass is 19.1. The highest BCUT2D eigenvalue weighted by Gasteiger charge is 2.20. The van der Waals surface area contributed by atoms with Gasteiger partial charge in [-0.1, -0.05) is 0 Å². The third-order valence-electron chi connectivity index (χ3n) is 5.11. The summed E-state index contributed by atoms with van der Waals surface area (Å²) >= 11 is 0. The molecule has 6 nitrogen and oxygen atoms in total. The molecule has 0 heterocycles. The highest BCUT2D eigenvalue weighted by molar-refractivity contribution is 5.96. The third-order valence-corrected chi connectivity index (χ3v) is 5.11. The van der Waals surface area contributed by atoms with Crippen molar-refractivity contribution in [3.05, 3.63) is 63.5 Å². The van der Waals surface area contributed by atoms with Crippen LogP contribution in [-0.2, 0) is 14.3 Å². The van der Waals surface area contributed by atoms with Crippen molar-refractivity contribution in [3.63, 3.8) is 0 Å². The number of rotatable bonds is 6. The van der Waals surface area contributed by atoms with Gasteiger partial charge in [-0.2, -0.15) is 0 Å². The number of nitrogens with one attached hydrogen (secondary N) is 2. The van der Waals surface area contributed by atoms with Crippen molar-refractivity contribution in [1.82, 2.24) is 5.32 Å². The van der Waals surface area contributed by atoms with Crippen LogP contribution in [0.25, 0.3) is 0 Å². The van der Waals surface area contributed by atoms with Gasteiger partial charge in [0.05, 0.1) is 12.1 Å². The zero-order chi connectivity index (χ0) is 21.7. The van der Waals surface area contributed by atoms with Crippen molar-refractivity contribution in [3.8, 4) is 0 Å². The first-order valence-electron chi connectivity index (χ1n) is 9.18. The smallest absolute Gasteiger partial charge is 0.339 e. The lowest BCUT2D eigenvalue weighted by Gasteiger charge is -2.17. The van der Waals surface area contributed by atoms with E-state index in [1.165, 1.54) is 24.3 Å². The summed E-state index contributed by atoms with van der Waals surface area (Å²) in [5, 5.41) is 4.90. The van der Waals surface area contributed by atoms with E-state index >= 15 is 0 Å². The molecule has 0 bridgehead atoms. The standard InChI is InChI=1S/C22H25FN2O4/c1-12-13(2)15(4)21(16(5)14(12)3)22(28)29-11-20(27)24-10-19(26)25-18-8-6-17(23)7-9-18/h6-9H,10-11H2,1-5H3,(H,24,27)(H,25,26). The fourth-order valence-corrected chi connectivity index (χ4v) is 2.98. The SMILES string of the molecule is Cc1c(C)c(C)c(C(=O)OCC(=O)NCC(=O)Nc2ccc(F)cc2)c(C)c1C. The minimum absolute atomic E-state index is 0.297. The summed E-state index contributed by atoms with van der Waals surface area (Å²) in [6.07, 6.45) is 0. The van der Waals surface area contributed by atoms with Crippen LogP contribution in [0.3, 0.4) is 0 Å². The maximum atomic E-state index is 12.9. The molecule has 2 N–H and O–H groups in total. The monoisotopic (exact) mass is 400 g/mol. The molecule has 0 radical (unpaired) electrons. The molecular weight excluding hydrogens is 375 g/mol. The average Bonchev–Trinajstić information content (AvgIpc) is 2.69. The molecule has 2 aromatic rings. The molecule has 0 spiro atoms. The van der Waals surface area contributed by atoms with Crippen LogP contribution in [0.5, 0.6) is 0 Å². The fraction of sp³-hybridized carbons (Fsp3) is 0.318. The summed E-state index contributed by atoms with van der Waals surface area (Å²) in [7, 11) is 0. The Morgan fingerprint density at radius 1 is 0.828 bits per heavy atom. The van der Waals surface area contributed by atoms with Gasteiger partial charge in [0.15, 0.2) is 6.61 Å². The van der Waals surface area contributed by atoms with Gasteiger partial charge in [0.2, 0.25) is 5.91 Å². The topological polar surface area (TPSA) is 84.5 Å². The van der Waals surface area contributed by atoms with E-state index < -0.39 is 30.2 Å². The van der Waals surface area contributed by atoms with Gasteiger partial charge in [0.25, 0.3) is 5.91 Å². The Morgan fingerprint density at radius 2 is 1.34 bits per heavy atom. The maximum Gasteiger partial charge on any atom is 0.339 e. The van der Waals surface area contributed by atoms with E-state index in [2.05, 4.69) is 10.6 Å². The minimum Gasteiger partial charge on any atom is -0.452 e. The predicted octanol–water partition coefficient (Wildman–Crippen LogP) is 3.28. The zero-order valence-corrected chi connectivity index (χ0v) is 17.2. The Bertz CT molecular complexity index is 923. The van der Waals surface area contributed by atoms with Crippen molar-refractivity contribution in [2.75, 3.05) is 18.5 Å². The molecule has 154 valence electrons. The molecule has 0 atom stereocenters. The van der Waals surface area contributed by atoms with Gasteiger partial charge < -0.3 is 15.4 Å². The molecule has 29 heavy (non-hydrogen) atoms. The lowest BCUT2D eigenvalue weighted by Crippen LogP contribution is -2.35. The maximum absolute atomic E-state index is 12.9. The summed E-state index contributed by atoms with van der Waals surface area (Å²) in [4.78, 5) is 36.3. The number of hydrogen-bond acceptors (Lipinski definition) is 4. The second-order valence-electron chi connectivity index (χ2n) is 6.91. The van der Waals surface area contributed by atoms with Crippen LogP contribution in [-0.4, -0.2) is 30.9 Å². The zero-order valence-electron chi connectivity index (χ0n) is 17.2. The molecule has 0 fully saturated rings. The van der Waals surface area contributed by atoms with E-state index in [0.717, 1.165) is 27.8 Å². The normalized spacial score (nSPS) is 10.4. The van der Waals surface area contributed by atoms with Crippen LogP contribution < -0.4 is 10.6 Å². The molecule has 0 unspecified atom stereocenters. The van der Waals surface area contributed by atoms with Gasteiger partial charge in [-0.3, -0.25) is 9.59 Å². The van der Waals surface area contributed by atoms with Crippen molar-refractivity contribution in [2.45, 2.75) is 34.6 Å². The minimum atomic E-state index is -0.594. The first-order chi connectivity index (χ1) is 13.6. The van der Waals surface area contributed by atoms with Crippen LogP contribution in [0.4, 0.5) is 10.1 Å². The number of halogens is 1. The number of carbonyl (C=O) groups is 3. The molecule has 0 aromatic heterocycles. The largest absolute Gasteiger partial charge is 0.452 e. The van der Waals surface area contributed by atoms with Gasteiger partial charge in [-0.25, -0.2) is 9.18 Å². The van der Waals surface area contributed by atoms with E-state index in [-0.39, 0.29) is 6.54 Å². The van der Waals surface area contributed by atoms with Gasteiger partial charge in [0, 0.05) is 5.69 Å². The number of amides is 2. The van der Waals surface area contributed by atoms with E-state index in [1.54, 1.807) is 0 Å². The van der Waals surface area contributed by atoms with Gasteiger partial charge in [0.1, 0.15) is 5.82 Å². The third kappa shape index (κ3) is 5.40. The number of ether oxygens (including phenoxy) is 1. The quantitative estimate of drug-likeness (QED) is 0.729. The lowest BCUT2D eigenvalue weighted by atomic mass is 9.90. The summed E-state index contributed by atoms with van der Waals surface area (Å²) in [5.74, 6) is -2.06. The molecule has 0 aliphatic rings.